The number of hydrogen-bond acceptors (Lipinski definition) is 7. The lowest BCUT2D eigenvalue weighted by molar-refractivity contribution is -0.131. The van der Waals surface area contributed by atoms with Crippen LogP contribution in [0.15, 0.2) is 18.3 Å². The fourth-order valence-electron chi connectivity index (χ4n) is 3.89. The normalized spacial score (nSPS) is 14.2. The lowest BCUT2D eigenvalue weighted by Gasteiger charge is -2.21. The summed E-state index contributed by atoms with van der Waals surface area (Å²) in [6, 6.07) is 3.12. The van der Waals surface area contributed by atoms with Crippen LogP contribution in [-0.2, 0) is 11.3 Å². The maximum atomic E-state index is 14.6. The first-order valence-corrected chi connectivity index (χ1v) is 10.6. The highest BCUT2D eigenvalue weighted by molar-refractivity contribution is 5.89. The molecule has 0 spiro atoms. The molecule has 0 atom stereocenters. The number of fused-ring (bicyclic) bond motifs is 2. The van der Waals surface area contributed by atoms with E-state index in [1.54, 1.807) is 17.9 Å². The highest BCUT2D eigenvalue weighted by atomic mass is 19.3. The molecule has 1 amide bonds. The summed E-state index contributed by atoms with van der Waals surface area (Å²) in [6.07, 6.45) is 1.56. The Morgan fingerprint density at radius 3 is 2.56 bits per heavy atom. The van der Waals surface area contributed by atoms with Crippen LogP contribution >= 0.6 is 0 Å². The number of alkyl halides is 2. The van der Waals surface area contributed by atoms with Crippen molar-refractivity contribution in [3.05, 3.63) is 30.0 Å². The summed E-state index contributed by atoms with van der Waals surface area (Å²) in [5.74, 6) is -0.0692. The van der Waals surface area contributed by atoms with Gasteiger partial charge in [-0.3, -0.25) is 4.79 Å². The van der Waals surface area contributed by atoms with Gasteiger partial charge in [0.25, 0.3) is 6.43 Å². The van der Waals surface area contributed by atoms with E-state index in [1.807, 2.05) is 7.05 Å². The van der Waals surface area contributed by atoms with E-state index in [0.717, 1.165) is 25.6 Å². The number of pyridine rings is 1. The first kappa shape index (κ1) is 23.3. The molecular formula is C21H24F3N9O. The summed E-state index contributed by atoms with van der Waals surface area (Å²) in [7, 11) is 1.86. The van der Waals surface area contributed by atoms with Gasteiger partial charge in [0.15, 0.2) is 17.3 Å². The number of aryl methyl sites for hydroxylation is 1. The number of nitrogens with zero attached hydrogens (tertiary/aromatic N) is 7. The van der Waals surface area contributed by atoms with Crippen molar-refractivity contribution < 1.29 is 18.0 Å². The number of imidazole rings is 1. The van der Waals surface area contributed by atoms with E-state index in [-0.39, 0.29) is 34.2 Å². The fourth-order valence-corrected chi connectivity index (χ4v) is 3.89. The van der Waals surface area contributed by atoms with Crippen LogP contribution in [0, 0.1) is 12.7 Å². The molecular weight excluding hydrogens is 451 g/mol. The Balaban J connectivity index is 0.000000291. The van der Waals surface area contributed by atoms with E-state index >= 15 is 0 Å². The van der Waals surface area contributed by atoms with Crippen molar-refractivity contribution in [3.63, 3.8) is 0 Å². The summed E-state index contributed by atoms with van der Waals surface area (Å²) in [4.78, 5) is 24.9. The third-order valence-electron chi connectivity index (χ3n) is 5.55. The van der Waals surface area contributed by atoms with Crippen molar-refractivity contribution >= 4 is 34.4 Å². The number of nitrogens with two attached hydrogens (primary N) is 2. The van der Waals surface area contributed by atoms with Crippen LogP contribution < -0.4 is 11.5 Å². The van der Waals surface area contributed by atoms with Crippen LogP contribution in [0.3, 0.4) is 0 Å². The molecule has 34 heavy (non-hydrogen) atoms. The molecule has 1 aliphatic rings. The number of piperidine rings is 1. The highest BCUT2D eigenvalue weighted by Crippen LogP contribution is 2.31. The highest BCUT2D eigenvalue weighted by Gasteiger charge is 2.21. The minimum absolute atomic E-state index is 0.0180. The molecule has 5 rings (SSSR count). The summed E-state index contributed by atoms with van der Waals surface area (Å²) < 4.78 is 42.7. The zero-order valence-corrected chi connectivity index (χ0v) is 18.7. The van der Waals surface area contributed by atoms with Gasteiger partial charge in [0.2, 0.25) is 11.9 Å². The van der Waals surface area contributed by atoms with Crippen molar-refractivity contribution in [1.29, 1.82) is 0 Å². The van der Waals surface area contributed by atoms with E-state index in [2.05, 4.69) is 20.1 Å². The largest absolute Gasteiger partial charge is 0.382 e. The number of halogens is 3. The zero-order valence-electron chi connectivity index (χ0n) is 18.7. The second-order valence-corrected chi connectivity index (χ2v) is 7.97. The third-order valence-corrected chi connectivity index (χ3v) is 5.55. The average molecular weight is 475 g/mol. The Morgan fingerprint density at radius 2 is 1.91 bits per heavy atom. The zero-order chi connectivity index (χ0) is 24.6. The molecule has 0 bridgehead atoms. The molecule has 1 saturated heterocycles. The van der Waals surface area contributed by atoms with Crippen molar-refractivity contribution in [2.45, 2.75) is 39.2 Å². The average Bonchev–Trinajstić information content (AvgIpc) is 3.26. The van der Waals surface area contributed by atoms with Crippen molar-refractivity contribution in [2.75, 3.05) is 25.1 Å². The molecule has 4 aromatic heterocycles. The number of carbonyl (C=O) groups is 1. The number of rotatable bonds is 3. The molecule has 4 N–H and O–H groups in total. The number of hydrogen-bond donors (Lipinski definition) is 2. The topological polar surface area (TPSA) is 133 Å². The number of anilines is 2. The van der Waals surface area contributed by atoms with Gasteiger partial charge < -0.3 is 20.9 Å². The third kappa shape index (κ3) is 4.45. The van der Waals surface area contributed by atoms with Gasteiger partial charge in [-0.25, -0.2) is 27.7 Å². The second-order valence-electron chi connectivity index (χ2n) is 7.97. The molecule has 4 aromatic rings. The van der Waals surface area contributed by atoms with Crippen LogP contribution in [0.1, 0.15) is 25.1 Å². The molecule has 1 fully saturated rings. The lowest BCUT2D eigenvalue weighted by Crippen LogP contribution is -2.31. The summed E-state index contributed by atoms with van der Waals surface area (Å²) in [5.41, 5.74) is 12.5. The maximum Gasteiger partial charge on any atom is 0.256 e. The smallest absolute Gasteiger partial charge is 0.256 e. The van der Waals surface area contributed by atoms with Crippen molar-refractivity contribution in [2.24, 2.45) is 0 Å². The molecule has 13 heteroatoms. The Labute approximate surface area is 192 Å². The van der Waals surface area contributed by atoms with Gasteiger partial charge in [-0.05, 0) is 31.9 Å². The van der Waals surface area contributed by atoms with Crippen LogP contribution in [-0.4, -0.2) is 60.0 Å². The molecule has 180 valence electrons. The lowest BCUT2D eigenvalue weighted by atomic mass is 10.1. The minimum atomic E-state index is -2.57. The van der Waals surface area contributed by atoms with Gasteiger partial charge in [0.05, 0.1) is 24.0 Å². The summed E-state index contributed by atoms with van der Waals surface area (Å²) in [6.45, 7) is 2.01. The van der Waals surface area contributed by atoms with E-state index in [1.165, 1.54) is 21.6 Å². The predicted octanol–water partition coefficient (Wildman–Crippen LogP) is 2.65. The van der Waals surface area contributed by atoms with Crippen molar-refractivity contribution in [1.82, 2.24) is 34.0 Å². The van der Waals surface area contributed by atoms with Gasteiger partial charge >= 0.3 is 0 Å². The quantitative estimate of drug-likeness (QED) is 0.465. The van der Waals surface area contributed by atoms with E-state index < -0.39 is 18.8 Å². The number of aromatic nitrogens is 6. The second kappa shape index (κ2) is 9.15. The summed E-state index contributed by atoms with van der Waals surface area (Å²) in [5, 5.41) is 3.89. The Bertz CT molecular complexity index is 1370. The van der Waals surface area contributed by atoms with E-state index in [9.17, 15) is 18.0 Å². The van der Waals surface area contributed by atoms with Crippen LogP contribution in [0.25, 0.3) is 27.9 Å². The molecule has 0 unspecified atom stereocenters. The van der Waals surface area contributed by atoms with E-state index in [4.69, 9.17) is 11.5 Å². The van der Waals surface area contributed by atoms with Crippen LogP contribution in [0.2, 0.25) is 0 Å². The monoisotopic (exact) mass is 475 g/mol. The SMILES string of the molecule is CN1CCCCC1=O.Cc1nc2ccc(-c3c(F)cn4nc(N)nc(N)c34)nc2n1CC(F)F. The van der Waals surface area contributed by atoms with Gasteiger partial charge in [0, 0.05) is 20.0 Å². The number of likely N-dealkylation sites (tertiary alicyclic amines) is 1. The first-order valence-electron chi connectivity index (χ1n) is 10.6. The standard InChI is InChI=1S/C15H13F3N8.C6H11NO/c1-6-21-9-3-2-8(22-14(9)25(6)5-10(17)18)11-7(16)4-26-12(11)13(19)23-15(20)24-26;1-7-5-3-2-4-6(7)8/h2-4,10H,5H2,1H3,(H4,19,20,23,24);2-5H2,1H3. The van der Waals surface area contributed by atoms with Gasteiger partial charge in [0.1, 0.15) is 16.9 Å². The Hall–Kier alpha value is -3.90. The fraction of sp³-hybridized carbons (Fsp3) is 0.381. The molecule has 0 saturated carbocycles. The molecule has 1 aliphatic heterocycles. The Morgan fingerprint density at radius 1 is 1.15 bits per heavy atom. The number of carbonyl (C=O) groups excluding carboxylic acids is 1. The summed E-state index contributed by atoms with van der Waals surface area (Å²) >= 11 is 0. The first-order chi connectivity index (χ1) is 16.2. The molecule has 0 aromatic carbocycles. The van der Waals surface area contributed by atoms with Gasteiger partial charge in [-0.1, -0.05) is 0 Å². The maximum absolute atomic E-state index is 14.6. The molecule has 0 aliphatic carbocycles. The molecule has 5 heterocycles. The van der Waals surface area contributed by atoms with Crippen molar-refractivity contribution in [3.8, 4) is 11.3 Å². The molecule has 10 nitrogen and oxygen atoms in total. The number of nitrogen functional groups attached to an aromatic ring is 2. The minimum Gasteiger partial charge on any atom is -0.382 e. The number of amides is 1. The predicted molar refractivity (Wildman–Crippen MR) is 121 cm³/mol. The van der Waals surface area contributed by atoms with Crippen LogP contribution in [0.5, 0.6) is 0 Å². The Kier molecular flexibility index (Phi) is 6.26. The van der Waals surface area contributed by atoms with Gasteiger partial charge in [-0.15, -0.1) is 5.10 Å². The molecule has 0 radical (unpaired) electrons. The van der Waals surface area contributed by atoms with Gasteiger partial charge in [-0.2, -0.15) is 4.98 Å². The van der Waals surface area contributed by atoms with E-state index in [0.29, 0.717) is 17.2 Å². The van der Waals surface area contributed by atoms with Crippen LogP contribution in [0.4, 0.5) is 24.9 Å².